The number of aryl methyl sites for hydroxylation is 1. The highest BCUT2D eigenvalue weighted by Crippen LogP contribution is 2.06. The van der Waals surface area contributed by atoms with Gasteiger partial charge in [0.1, 0.15) is 0 Å². The molecule has 0 radical (unpaired) electrons. The molecule has 1 aromatic rings. The molecule has 0 saturated carbocycles. The number of nitrogens with zero attached hydrogens (tertiary/aromatic N) is 1. The van der Waals surface area contributed by atoms with Crippen LogP contribution in [0, 0.1) is 6.92 Å². The van der Waals surface area contributed by atoms with Gasteiger partial charge in [-0.2, -0.15) is 0 Å². The molecule has 0 bridgehead atoms. The first-order chi connectivity index (χ1) is 5.24. The van der Waals surface area contributed by atoms with Crippen LogP contribution in [0.2, 0.25) is 0 Å². The molecule has 1 atom stereocenters. The van der Waals surface area contributed by atoms with E-state index in [4.69, 9.17) is 10.8 Å². The molecule has 60 valence electrons. The molecule has 0 aromatic carbocycles. The second kappa shape index (κ2) is 3.46. The molecule has 0 aliphatic rings. The molecule has 0 aliphatic heterocycles. The molecular formula is C8H12N2O. The Morgan fingerprint density at radius 3 is 3.00 bits per heavy atom. The Morgan fingerprint density at radius 1 is 1.73 bits per heavy atom. The smallest absolute Gasteiger partial charge is 0.0705 e. The Labute approximate surface area is 65.9 Å². The summed E-state index contributed by atoms with van der Waals surface area (Å²) in [7, 11) is 0. The highest BCUT2D eigenvalue weighted by molar-refractivity contribution is 5.16. The maximum absolute atomic E-state index is 8.71. The summed E-state index contributed by atoms with van der Waals surface area (Å²) >= 11 is 0. The lowest BCUT2D eigenvalue weighted by Crippen LogP contribution is -2.15. The number of aromatic nitrogens is 1. The van der Waals surface area contributed by atoms with Crippen molar-refractivity contribution in [2.24, 2.45) is 5.73 Å². The first kappa shape index (κ1) is 8.17. The Balaban J connectivity index is 2.86. The fraction of sp³-hybridized carbons (Fsp3) is 0.375. The van der Waals surface area contributed by atoms with Crippen LogP contribution in [-0.4, -0.2) is 16.7 Å². The second-order valence-corrected chi connectivity index (χ2v) is 2.55. The third-order valence-electron chi connectivity index (χ3n) is 1.51. The van der Waals surface area contributed by atoms with Crippen molar-refractivity contribution in [1.82, 2.24) is 4.98 Å². The molecule has 1 aromatic heterocycles. The van der Waals surface area contributed by atoms with Gasteiger partial charge in [-0.15, -0.1) is 0 Å². The van der Waals surface area contributed by atoms with Crippen LogP contribution in [0.5, 0.6) is 0 Å². The highest BCUT2D eigenvalue weighted by atomic mass is 16.3. The molecule has 1 rings (SSSR count). The second-order valence-electron chi connectivity index (χ2n) is 2.55. The zero-order valence-corrected chi connectivity index (χ0v) is 6.49. The van der Waals surface area contributed by atoms with E-state index in [1.165, 1.54) is 0 Å². The fourth-order valence-corrected chi connectivity index (χ4v) is 0.856. The van der Waals surface area contributed by atoms with Crippen molar-refractivity contribution < 1.29 is 5.11 Å². The normalized spacial score (nSPS) is 13.0. The minimum absolute atomic E-state index is 0.0591. The van der Waals surface area contributed by atoms with E-state index in [2.05, 4.69) is 4.98 Å². The van der Waals surface area contributed by atoms with E-state index in [0.717, 1.165) is 11.3 Å². The molecule has 0 fully saturated rings. The molecule has 0 spiro atoms. The third-order valence-corrected chi connectivity index (χ3v) is 1.51. The lowest BCUT2D eigenvalue weighted by molar-refractivity contribution is 0.266. The number of hydrogen-bond acceptors (Lipinski definition) is 3. The summed E-state index contributed by atoms with van der Waals surface area (Å²) in [6.07, 6.45) is 1.69. The van der Waals surface area contributed by atoms with Gasteiger partial charge in [-0.1, -0.05) is 0 Å². The van der Waals surface area contributed by atoms with Gasteiger partial charge in [0.25, 0.3) is 0 Å². The van der Waals surface area contributed by atoms with E-state index in [9.17, 15) is 0 Å². The van der Waals surface area contributed by atoms with E-state index < -0.39 is 0 Å². The number of aliphatic hydroxyl groups excluding tert-OH is 1. The quantitative estimate of drug-likeness (QED) is 0.644. The Bertz CT molecular complexity index is 237. The minimum Gasteiger partial charge on any atom is -0.394 e. The first-order valence-electron chi connectivity index (χ1n) is 3.53. The van der Waals surface area contributed by atoms with Crippen LogP contribution in [-0.2, 0) is 0 Å². The summed E-state index contributed by atoms with van der Waals surface area (Å²) in [6, 6.07) is 3.42. The number of hydrogen-bond donors (Lipinski definition) is 2. The Hall–Kier alpha value is -0.930. The van der Waals surface area contributed by atoms with Crippen LogP contribution >= 0.6 is 0 Å². The number of pyridine rings is 1. The predicted molar refractivity (Wildman–Crippen MR) is 43.0 cm³/mol. The van der Waals surface area contributed by atoms with Gasteiger partial charge in [-0.25, -0.2) is 0 Å². The van der Waals surface area contributed by atoms with Gasteiger partial charge in [0.05, 0.1) is 18.3 Å². The summed E-state index contributed by atoms with van der Waals surface area (Å²) in [6.45, 7) is 1.91. The lowest BCUT2D eigenvalue weighted by atomic mass is 10.2. The van der Waals surface area contributed by atoms with E-state index in [0.29, 0.717) is 0 Å². The molecule has 3 N–H and O–H groups in total. The van der Waals surface area contributed by atoms with E-state index in [1.807, 2.05) is 19.1 Å². The zero-order chi connectivity index (χ0) is 8.27. The minimum atomic E-state index is -0.352. The van der Waals surface area contributed by atoms with Crippen molar-refractivity contribution in [3.63, 3.8) is 0 Å². The lowest BCUT2D eigenvalue weighted by Gasteiger charge is -2.06. The number of nitrogens with two attached hydrogens (primary N) is 1. The summed E-state index contributed by atoms with van der Waals surface area (Å²) in [4.78, 5) is 4.03. The van der Waals surface area contributed by atoms with Crippen molar-refractivity contribution in [3.8, 4) is 0 Å². The number of rotatable bonds is 2. The molecule has 1 unspecified atom stereocenters. The molecule has 0 saturated heterocycles. The molecule has 0 amide bonds. The summed E-state index contributed by atoms with van der Waals surface area (Å²) in [5.74, 6) is 0. The van der Waals surface area contributed by atoms with Crippen molar-refractivity contribution in [1.29, 1.82) is 0 Å². The van der Waals surface area contributed by atoms with Crippen LogP contribution < -0.4 is 5.73 Å². The summed E-state index contributed by atoms with van der Waals surface area (Å²) in [5, 5.41) is 8.71. The summed E-state index contributed by atoms with van der Waals surface area (Å²) < 4.78 is 0. The van der Waals surface area contributed by atoms with Gasteiger partial charge >= 0.3 is 0 Å². The molecule has 1 heterocycles. The van der Waals surface area contributed by atoms with Gasteiger partial charge in [-0.05, 0) is 24.6 Å². The standard InChI is InChI=1S/C8H12N2O/c1-6-2-3-10-8(4-6)7(9)5-11/h2-4,7,11H,5,9H2,1H3. The van der Waals surface area contributed by atoms with Gasteiger partial charge < -0.3 is 10.8 Å². The topological polar surface area (TPSA) is 59.1 Å². The average molecular weight is 152 g/mol. The molecular weight excluding hydrogens is 140 g/mol. The van der Waals surface area contributed by atoms with Crippen LogP contribution in [0.15, 0.2) is 18.3 Å². The first-order valence-corrected chi connectivity index (χ1v) is 3.53. The van der Waals surface area contributed by atoms with Crippen LogP contribution in [0.4, 0.5) is 0 Å². The van der Waals surface area contributed by atoms with Gasteiger partial charge in [0.15, 0.2) is 0 Å². The number of aliphatic hydroxyl groups is 1. The monoisotopic (exact) mass is 152 g/mol. The zero-order valence-electron chi connectivity index (χ0n) is 6.49. The van der Waals surface area contributed by atoms with Gasteiger partial charge in [0, 0.05) is 6.20 Å². The fourth-order valence-electron chi connectivity index (χ4n) is 0.856. The van der Waals surface area contributed by atoms with Crippen molar-refractivity contribution in [2.75, 3.05) is 6.61 Å². The molecule has 3 heteroatoms. The average Bonchev–Trinajstić information content (AvgIpc) is 2.03. The SMILES string of the molecule is Cc1ccnc(C(N)CO)c1. The van der Waals surface area contributed by atoms with Crippen molar-refractivity contribution in [2.45, 2.75) is 13.0 Å². The Kier molecular flexibility index (Phi) is 2.57. The molecule has 0 aliphatic carbocycles. The van der Waals surface area contributed by atoms with Crippen LogP contribution in [0.1, 0.15) is 17.3 Å². The van der Waals surface area contributed by atoms with Crippen LogP contribution in [0.3, 0.4) is 0 Å². The van der Waals surface area contributed by atoms with E-state index >= 15 is 0 Å². The highest BCUT2D eigenvalue weighted by Gasteiger charge is 2.04. The van der Waals surface area contributed by atoms with E-state index in [-0.39, 0.29) is 12.6 Å². The van der Waals surface area contributed by atoms with Gasteiger partial charge in [0.2, 0.25) is 0 Å². The van der Waals surface area contributed by atoms with Crippen molar-refractivity contribution in [3.05, 3.63) is 29.6 Å². The molecule has 3 nitrogen and oxygen atoms in total. The largest absolute Gasteiger partial charge is 0.394 e. The maximum atomic E-state index is 8.71. The van der Waals surface area contributed by atoms with Crippen LogP contribution in [0.25, 0.3) is 0 Å². The van der Waals surface area contributed by atoms with Gasteiger partial charge in [-0.3, -0.25) is 4.98 Å². The molecule has 11 heavy (non-hydrogen) atoms. The maximum Gasteiger partial charge on any atom is 0.0705 e. The Morgan fingerprint density at radius 2 is 2.45 bits per heavy atom. The third kappa shape index (κ3) is 2.00. The van der Waals surface area contributed by atoms with E-state index in [1.54, 1.807) is 6.20 Å². The summed E-state index contributed by atoms with van der Waals surface area (Å²) in [5.41, 5.74) is 7.40. The van der Waals surface area contributed by atoms with Crippen molar-refractivity contribution >= 4 is 0 Å². The predicted octanol–water partition coefficient (Wildman–Crippen LogP) is 0.382.